The zero-order valence-electron chi connectivity index (χ0n) is 12.4. The second-order valence-corrected chi connectivity index (χ2v) is 6.19. The molecule has 4 N–H and O–H groups in total. The molecule has 1 aromatic carbocycles. The van der Waals surface area contributed by atoms with Crippen LogP contribution in [0.2, 0.25) is 0 Å². The molecule has 5 heteroatoms. The van der Waals surface area contributed by atoms with E-state index in [0.717, 1.165) is 43.3 Å². The molecule has 0 amide bonds. The van der Waals surface area contributed by atoms with Crippen molar-refractivity contribution in [1.29, 1.82) is 0 Å². The number of aromatic amines is 2. The van der Waals surface area contributed by atoms with Gasteiger partial charge in [-0.05, 0) is 62.8 Å². The molecule has 1 fully saturated rings. The van der Waals surface area contributed by atoms with Gasteiger partial charge in [-0.25, -0.2) is 4.79 Å². The molecule has 1 unspecified atom stereocenters. The molecule has 1 heterocycles. The number of nitrogens with one attached hydrogen (secondary N) is 3. The Hall–Kier alpha value is -1.59. The lowest BCUT2D eigenvalue weighted by atomic mass is 9.87. The quantitative estimate of drug-likeness (QED) is 0.695. The Bertz CT molecular complexity index is 653. The summed E-state index contributed by atoms with van der Waals surface area (Å²) in [6.45, 7) is 3.12. The van der Waals surface area contributed by atoms with E-state index in [0.29, 0.717) is 5.92 Å². The summed E-state index contributed by atoms with van der Waals surface area (Å²) in [7, 11) is 0. The molecule has 5 nitrogen and oxygen atoms in total. The molecule has 2 aromatic rings. The second kappa shape index (κ2) is 6.03. The van der Waals surface area contributed by atoms with E-state index in [1.807, 2.05) is 12.1 Å². The van der Waals surface area contributed by atoms with Gasteiger partial charge in [-0.15, -0.1) is 0 Å². The Kier molecular flexibility index (Phi) is 4.12. The van der Waals surface area contributed by atoms with Crippen LogP contribution in [-0.2, 0) is 0 Å². The first-order valence-electron chi connectivity index (χ1n) is 7.75. The van der Waals surface area contributed by atoms with Gasteiger partial charge in [-0.3, -0.25) is 0 Å². The summed E-state index contributed by atoms with van der Waals surface area (Å²) in [5.74, 6) is 0.659. The SMILES string of the molecule is CC(NCC1CCC(O)CC1)c1ccc2[nH]c(=O)[nH]c2c1. The van der Waals surface area contributed by atoms with Crippen LogP contribution in [0.15, 0.2) is 23.0 Å². The number of fused-ring (bicyclic) bond motifs is 1. The maximum absolute atomic E-state index is 11.3. The fraction of sp³-hybridized carbons (Fsp3) is 0.562. The van der Waals surface area contributed by atoms with Gasteiger partial charge in [0.2, 0.25) is 0 Å². The molecule has 1 aliphatic rings. The van der Waals surface area contributed by atoms with Crippen LogP contribution < -0.4 is 11.0 Å². The van der Waals surface area contributed by atoms with E-state index in [4.69, 9.17) is 0 Å². The van der Waals surface area contributed by atoms with Crippen molar-refractivity contribution in [3.8, 4) is 0 Å². The highest BCUT2D eigenvalue weighted by Crippen LogP contribution is 2.24. The van der Waals surface area contributed by atoms with E-state index in [-0.39, 0.29) is 17.8 Å². The van der Waals surface area contributed by atoms with E-state index in [2.05, 4.69) is 28.3 Å². The third kappa shape index (κ3) is 3.36. The largest absolute Gasteiger partial charge is 0.393 e. The number of aliphatic hydroxyl groups is 1. The van der Waals surface area contributed by atoms with E-state index < -0.39 is 0 Å². The third-order valence-electron chi connectivity index (χ3n) is 4.57. The van der Waals surface area contributed by atoms with Crippen molar-refractivity contribution in [1.82, 2.24) is 15.3 Å². The molecule has 1 aliphatic carbocycles. The van der Waals surface area contributed by atoms with Crippen LogP contribution in [0.3, 0.4) is 0 Å². The normalized spacial score (nSPS) is 24.3. The Balaban J connectivity index is 1.61. The van der Waals surface area contributed by atoms with Crippen LogP contribution >= 0.6 is 0 Å². The molecular weight excluding hydrogens is 266 g/mol. The van der Waals surface area contributed by atoms with E-state index >= 15 is 0 Å². The zero-order valence-corrected chi connectivity index (χ0v) is 12.4. The number of imidazole rings is 1. The summed E-state index contributed by atoms with van der Waals surface area (Å²) >= 11 is 0. The maximum Gasteiger partial charge on any atom is 0.323 e. The molecule has 0 saturated heterocycles. The van der Waals surface area contributed by atoms with Gasteiger partial charge in [-0.2, -0.15) is 0 Å². The standard InChI is InChI=1S/C16H23N3O2/c1-10(17-9-11-2-5-13(20)6-3-11)12-4-7-14-15(8-12)19-16(21)18-14/h4,7-8,10-11,13,17,20H,2-3,5-6,9H2,1H3,(H2,18,19,21). The molecule has 0 spiro atoms. The molecule has 0 aliphatic heterocycles. The van der Waals surface area contributed by atoms with Gasteiger partial charge in [0.25, 0.3) is 0 Å². The molecule has 0 bridgehead atoms. The molecule has 0 radical (unpaired) electrons. The van der Waals surface area contributed by atoms with Gasteiger partial charge in [0.15, 0.2) is 0 Å². The highest BCUT2D eigenvalue weighted by molar-refractivity contribution is 5.75. The van der Waals surface area contributed by atoms with Crippen molar-refractivity contribution in [2.45, 2.75) is 44.8 Å². The third-order valence-corrected chi connectivity index (χ3v) is 4.57. The van der Waals surface area contributed by atoms with Gasteiger partial charge >= 0.3 is 5.69 Å². The van der Waals surface area contributed by atoms with Crippen LogP contribution in [0.5, 0.6) is 0 Å². The molecular formula is C16H23N3O2. The monoisotopic (exact) mass is 289 g/mol. The molecule has 114 valence electrons. The zero-order chi connectivity index (χ0) is 14.8. The van der Waals surface area contributed by atoms with Crippen molar-refractivity contribution in [3.05, 3.63) is 34.2 Å². The number of hydrogen-bond donors (Lipinski definition) is 4. The second-order valence-electron chi connectivity index (χ2n) is 6.19. The highest BCUT2D eigenvalue weighted by atomic mass is 16.3. The van der Waals surface area contributed by atoms with Crippen LogP contribution in [-0.4, -0.2) is 27.7 Å². The first-order chi connectivity index (χ1) is 10.1. The van der Waals surface area contributed by atoms with Gasteiger partial charge in [0, 0.05) is 6.04 Å². The predicted octanol–water partition coefficient (Wildman–Crippen LogP) is 2.06. The van der Waals surface area contributed by atoms with Crippen molar-refractivity contribution in [2.24, 2.45) is 5.92 Å². The highest BCUT2D eigenvalue weighted by Gasteiger charge is 2.19. The molecule has 3 rings (SSSR count). The molecule has 1 saturated carbocycles. The summed E-state index contributed by atoms with van der Waals surface area (Å²) in [4.78, 5) is 16.8. The minimum atomic E-state index is -0.163. The summed E-state index contributed by atoms with van der Waals surface area (Å²) < 4.78 is 0. The van der Waals surface area contributed by atoms with Crippen molar-refractivity contribution < 1.29 is 5.11 Å². The fourth-order valence-electron chi connectivity index (χ4n) is 3.13. The van der Waals surface area contributed by atoms with Crippen molar-refractivity contribution in [3.63, 3.8) is 0 Å². The molecule has 1 aromatic heterocycles. The lowest BCUT2D eigenvalue weighted by molar-refractivity contribution is 0.108. The summed E-state index contributed by atoms with van der Waals surface area (Å²) in [6, 6.07) is 6.27. The fourth-order valence-corrected chi connectivity index (χ4v) is 3.13. The minimum absolute atomic E-state index is 0.0912. The first-order valence-corrected chi connectivity index (χ1v) is 7.75. The van der Waals surface area contributed by atoms with Crippen LogP contribution in [0.4, 0.5) is 0 Å². The van der Waals surface area contributed by atoms with Crippen molar-refractivity contribution >= 4 is 11.0 Å². The average Bonchev–Trinajstić information content (AvgIpc) is 2.85. The number of aromatic nitrogens is 2. The van der Waals surface area contributed by atoms with Gasteiger partial charge < -0.3 is 20.4 Å². The Morgan fingerprint density at radius 1 is 1.24 bits per heavy atom. The van der Waals surface area contributed by atoms with Crippen LogP contribution in [0.25, 0.3) is 11.0 Å². The lowest BCUT2D eigenvalue weighted by Crippen LogP contribution is -2.29. The van der Waals surface area contributed by atoms with Crippen molar-refractivity contribution in [2.75, 3.05) is 6.54 Å². The van der Waals surface area contributed by atoms with E-state index in [1.165, 1.54) is 5.56 Å². The smallest absolute Gasteiger partial charge is 0.323 e. The number of hydrogen-bond acceptors (Lipinski definition) is 3. The lowest BCUT2D eigenvalue weighted by Gasteiger charge is -2.27. The first kappa shape index (κ1) is 14.4. The van der Waals surface area contributed by atoms with E-state index in [9.17, 15) is 9.90 Å². The van der Waals surface area contributed by atoms with Crippen LogP contribution in [0.1, 0.15) is 44.2 Å². The number of H-pyrrole nitrogens is 2. The average molecular weight is 289 g/mol. The van der Waals surface area contributed by atoms with Gasteiger partial charge in [0.1, 0.15) is 0 Å². The Morgan fingerprint density at radius 2 is 1.95 bits per heavy atom. The van der Waals surface area contributed by atoms with Gasteiger partial charge in [-0.1, -0.05) is 6.07 Å². The number of aliphatic hydroxyl groups excluding tert-OH is 1. The molecule has 1 atom stereocenters. The Labute approximate surface area is 123 Å². The predicted molar refractivity (Wildman–Crippen MR) is 83.3 cm³/mol. The topological polar surface area (TPSA) is 80.9 Å². The molecule has 21 heavy (non-hydrogen) atoms. The summed E-state index contributed by atoms with van der Waals surface area (Å²) in [6.07, 6.45) is 3.97. The summed E-state index contributed by atoms with van der Waals surface area (Å²) in [5.41, 5.74) is 2.71. The van der Waals surface area contributed by atoms with Crippen LogP contribution in [0, 0.1) is 5.92 Å². The Morgan fingerprint density at radius 3 is 2.71 bits per heavy atom. The van der Waals surface area contributed by atoms with Gasteiger partial charge in [0.05, 0.1) is 17.1 Å². The summed E-state index contributed by atoms with van der Waals surface area (Å²) in [5, 5.41) is 13.1. The number of rotatable bonds is 4. The minimum Gasteiger partial charge on any atom is -0.393 e. The van der Waals surface area contributed by atoms with E-state index in [1.54, 1.807) is 0 Å². The number of benzene rings is 1. The maximum atomic E-state index is 11.3.